The Morgan fingerprint density at radius 2 is 2.00 bits per heavy atom. The predicted molar refractivity (Wildman–Crippen MR) is 92.1 cm³/mol. The molecule has 1 heterocycles. The van der Waals surface area contributed by atoms with Crippen molar-refractivity contribution in [2.45, 2.75) is 19.6 Å². The molecule has 0 bridgehead atoms. The van der Waals surface area contributed by atoms with Gasteiger partial charge in [-0.05, 0) is 42.5 Å². The summed E-state index contributed by atoms with van der Waals surface area (Å²) in [4.78, 5) is 11.9. The minimum absolute atomic E-state index is 0.0116. The quantitative estimate of drug-likeness (QED) is 0.443. The van der Waals surface area contributed by atoms with E-state index in [4.69, 9.17) is 16.3 Å². The molecule has 0 unspecified atom stereocenters. The van der Waals surface area contributed by atoms with Gasteiger partial charge < -0.3 is 4.74 Å². The Balaban J connectivity index is 1.97. The number of halogens is 4. The molecule has 0 saturated carbocycles. The number of benzene rings is 2. The van der Waals surface area contributed by atoms with E-state index >= 15 is 0 Å². The zero-order valence-corrected chi connectivity index (χ0v) is 14.9. The van der Waals surface area contributed by atoms with Gasteiger partial charge in [0.1, 0.15) is 17.1 Å². The van der Waals surface area contributed by atoms with Crippen molar-refractivity contribution in [1.82, 2.24) is 20.2 Å². The highest BCUT2D eigenvalue weighted by Crippen LogP contribution is 2.38. The highest BCUT2D eigenvalue weighted by molar-refractivity contribution is 6.32. The lowest BCUT2D eigenvalue weighted by atomic mass is 10.1. The summed E-state index contributed by atoms with van der Waals surface area (Å²) in [5.74, 6) is 0.0762. The van der Waals surface area contributed by atoms with Crippen LogP contribution in [0.4, 0.5) is 18.9 Å². The monoisotopic (exact) mass is 413 g/mol. The number of hydrogen-bond acceptors (Lipinski definition) is 6. The lowest BCUT2D eigenvalue weighted by Gasteiger charge is -2.11. The molecule has 0 aliphatic rings. The molecule has 12 heteroatoms. The maximum atomic E-state index is 12.7. The molecule has 0 aliphatic carbocycles. The number of hydrogen-bond donors (Lipinski definition) is 0. The first-order chi connectivity index (χ1) is 13.2. The van der Waals surface area contributed by atoms with Gasteiger partial charge in [-0.1, -0.05) is 11.6 Å². The van der Waals surface area contributed by atoms with E-state index < -0.39 is 16.7 Å². The second kappa shape index (κ2) is 7.43. The minimum atomic E-state index is -4.54. The van der Waals surface area contributed by atoms with E-state index in [2.05, 4.69) is 15.4 Å². The normalized spacial score (nSPS) is 11.5. The Kier molecular flexibility index (Phi) is 5.18. The van der Waals surface area contributed by atoms with Crippen LogP contribution in [0, 0.1) is 10.1 Å². The molecule has 28 heavy (non-hydrogen) atoms. The van der Waals surface area contributed by atoms with E-state index in [-0.39, 0.29) is 33.6 Å². The van der Waals surface area contributed by atoms with Crippen molar-refractivity contribution in [3.63, 3.8) is 0 Å². The Bertz CT molecular complexity index is 1040. The van der Waals surface area contributed by atoms with Crippen molar-refractivity contribution in [3.8, 4) is 22.9 Å². The summed E-state index contributed by atoms with van der Waals surface area (Å²) >= 11 is 5.87. The molecule has 8 nitrogen and oxygen atoms in total. The molecule has 146 valence electrons. The van der Waals surface area contributed by atoms with Crippen molar-refractivity contribution in [2.75, 3.05) is 0 Å². The first-order valence-corrected chi connectivity index (χ1v) is 8.18. The molecule has 0 aliphatic heterocycles. The number of nitro benzene ring substituents is 1. The molecular formula is C16H11ClF3N5O3. The molecule has 0 fully saturated rings. The van der Waals surface area contributed by atoms with Gasteiger partial charge in [0.25, 0.3) is 5.69 Å². The van der Waals surface area contributed by atoms with E-state index in [1.807, 2.05) is 0 Å². The average molecular weight is 414 g/mol. The SMILES string of the molecule is CCn1nnc(-c2cc(Oc3ccc(C(F)(F)F)cc3Cl)ccc2[N+](=O)[O-])n1. The van der Waals surface area contributed by atoms with Gasteiger partial charge in [0.2, 0.25) is 5.82 Å². The van der Waals surface area contributed by atoms with E-state index in [9.17, 15) is 23.3 Å². The number of aromatic nitrogens is 4. The Hall–Kier alpha value is -3.21. The lowest BCUT2D eigenvalue weighted by molar-refractivity contribution is -0.384. The van der Waals surface area contributed by atoms with Crippen molar-refractivity contribution in [1.29, 1.82) is 0 Å². The van der Waals surface area contributed by atoms with Gasteiger partial charge in [-0.15, -0.1) is 10.2 Å². The summed E-state index contributed by atoms with van der Waals surface area (Å²) in [7, 11) is 0. The van der Waals surface area contributed by atoms with Crippen LogP contribution in [0.5, 0.6) is 11.5 Å². The number of tetrazole rings is 1. The summed E-state index contributed by atoms with van der Waals surface area (Å²) in [6, 6.07) is 6.38. The third kappa shape index (κ3) is 4.03. The van der Waals surface area contributed by atoms with E-state index in [0.29, 0.717) is 6.54 Å². The summed E-state index contributed by atoms with van der Waals surface area (Å²) in [6.45, 7) is 2.18. The number of nitro groups is 1. The van der Waals surface area contributed by atoms with Crippen LogP contribution in [0.3, 0.4) is 0 Å². The molecule has 1 aromatic heterocycles. The third-order valence-corrected chi connectivity index (χ3v) is 3.92. The van der Waals surface area contributed by atoms with Crippen molar-refractivity contribution in [2.24, 2.45) is 0 Å². The molecule has 0 radical (unpaired) electrons. The van der Waals surface area contributed by atoms with Gasteiger partial charge in [0.15, 0.2) is 0 Å². The summed E-state index contributed by atoms with van der Waals surface area (Å²) < 4.78 is 43.7. The van der Waals surface area contributed by atoms with Crippen LogP contribution in [0.2, 0.25) is 5.02 Å². The minimum Gasteiger partial charge on any atom is -0.456 e. The fourth-order valence-electron chi connectivity index (χ4n) is 2.29. The Morgan fingerprint density at radius 3 is 2.57 bits per heavy atom. The summed E-state index contributed by atoms with van der Waals surface area (Å²) in [5, 5.41) is 22.6. The largest absolute Gasteiger partial charge is 0.456 e. The number of ether oxygens (including phenoxy) is 1. The molecule has 0 saturated heterocycles. The van der Waals surface area contributed by atoms with Crippen molar-refractivity contribution >= 4 is 17.3 Å². The second-order valence-electron chi connectivity index (χ2n) is 5.48. The first-order valence-electron chi connectivity index (χ1n) is 7.80. The van der Waals surface area contributed by atoms with E-state index in [1.165, 1.54) is 23.0 Å². The smallest absolute Gasteiger partial charge is 0.416 e. The van der Waals surface area contributed by atoms with E-state index in [0.717, 1.165) is 18.2 Å². The fraction of sp³-hybridized carbons (Fsp3) is 0.188. The molecule has 3 rings (SSSR count). The first kappa shape index (κ1) is 19.5. The van der Waals surface area contributed by atoms with Crippen LogP contribution in [-0.4, -0.2) is 25.1 Å². The molecule has 0 spiro atoms. The van der Waals surface area contributed by atoms with Crippen molar-refractivity contribution in [3.05, 3.63) is 57.1 Å². The highest BCUT2D eigenvalue weighted by atomic mass is 35.5. The summed E-state index contributed by atoms with van der Waals surface area (Å²) in [5.41, 5.74) is -1.15. The fourth-order valence-corrected chi connectivity index (χ4v) is 2.51. The Labute approximate surface area is 160 Å². The number of alkyl halides is 3. The van der Waals surface area contributed by atoms with E-state index in [1.54, 1.807) is 6.92 Å². The van der Waals surface area contributed by atoms with Gasteiger partial charge in [0, 0.05) is 6.07 Å². The van der Waals surface area contributed by atoms with Crippen LogP contribution >= 0.6 is 11.6 Å². The predicted octanol–water partition coefficient (Wildman–Crippen LogP) is 4.73. The van der Waals surface area contributed by atoms with Gasteiger partial charge in [-0.25, -0.2) is 0 Å². The summed E-state index contributed by atoms with van der Waals surface area (Å²) in [6.07, 6.45) is -4.54. The maximum Gasteiger partial charge on any atom is 0.416 e. The van der Waals surface area contributed by atoms with Crippen LogP contribution in [0.1, 0.15) is 12.5 Å². The van der Waals surface area contributed by atoms with Gasteiger partial charge >= 0.3 is 6.18 Å². The molecule has 0 N–H and O–H groups in total. The van der Waals surface area contributed by atoms with Crippen LogP contribution in [0.25, 0.3) is 11.4 Å². The second-order valence-corrected chi connectivity index (χ2v) is 5.89. The zero-order chi connectivity index (χ0) is 20.5. The Morgan fingerprint density at radius 1 is 1.25 bits per heavy atom. The number of rotatable bonds is 5. The van der Waals surface area contributed by atoms with Gasteiger partial charge in [-0.3, -0.25) is 10.1 Å². The highest BCUT2D eigenvalue weighted by Gasteiger charge is 2.31. The third-order valence-electron chi connectivity index (χ3n) is 3.63. The average Bonchev–Trinajstić information content (AvgIpc) is 3.11. The number of nitrogens with zero attached hydrogens (tertiary/aromatic N) is 5. The molecule has 0 amide bonds. The van der Waals surface area contributed by atoms with Gasteiger partial charge in [0.05, 0.1) is 22.1 Å². The maximum absolute atomic E-state index is 12.7. The molecule has 0 atom stereocenters. The van der Waals surface area contributed by atoms with Gasteiger partial charge in [-0.2, -0.15) is 18.0 Å². The molecular weight excluding hydrogens is 403 g/mol. The van der Waals surface area contributed by atoms with Crippen LogP contribution in [-0.2, 0) is 12.7 Å². The topological polar surface area (TPSA) is 96.0 Å². The zero-order valence-electron chi connectivity index (χ0n) is 14.1. The van der Waals surface area contributed by atoms with Crippen molar-refractivity contribution < 1.29 is 22.8 Å². The lowest BCUT2D eigenvalue weighted by Crippen LogP contribution is -2.04. The van der Waals surface area contributed by atoms with Crippen LogP contribution in [0.15, 0.2) is 36.4 Å². The molecule has 3 aromatic rings. The number of aryl methyl sites for hydroxylation is 1. The van der Waals surface area contributed by atoms with Crippen LogP contribution < -0.4 is 4.74 Å². The molecule has 2 aromatic carbocycles. The standard InChI is InChI=1S/C16H11ClF3N5O3/c1-2-24-22-15(21-23-24)11-8-10(4-5-13(11)25(26)27)28-14-6-3-9(7-12(14)17)16(18,19)20/h3-8H,2H2,1H3.